The molecule has 5 heteroatoms. The Morgan fingerprint density at radius 1 is 1.00 bits per heavy atom. The molecule has 2 aromatic carbocycles. The van der Waals surface area contributed by atoms with Gasteiger partial charge in [0.15, 0.2) is 5.78 Å². The van der Waals surface area contributed by atoms with Crippen LogP contribution in [0.1, 0.15) is 25.6 Å². The second-order valence-corrected chi connectivity index (χ2v) is 6.43. The maximum Gasteiger partial charge on any atom is 0.265 e. The van der Waals surface area contributed by atoms with Crippen LogP contribution in [0.5, 0.6) is 5.75 Å². The van der Waals surface area contributed by atoms with Gasteiger partial charge in [-0.05, 0) is 59.5 Å². The summed E-state index contributed by atoms with van der Waals surface area (Å²) >= 11 is 1.38. The second kappa shape index (κ2) is 8.27. The number of allylic oxidation sites excluding steroid dienone is 1. The molecular formula is C21H17NO3S. The minimum absolute atomic E-state index is 0.100. The first-order valence-electron chi connectivity index (χ1n) is 7.97. The monoisotopic (exact) mass is 363 g/mol. The van der Waals surface area contributed by atoms with Crippen LogP contribution in [0.25, 0.3) is 6.08 Å². The van der Waals surface area contributed by atoms with Crippen molar-refractivity contribution >= 4 is 34.8 Å². The minimum Gasteiger partial charge on any atom is -0.497 e. The molecule has 4 nitrogen and oxygen atoms in total. The topological polar surface area (TPSA) is 55.4 Å². The van der Waals surface area contributed by atoms with E-state index in [4.69, 9.17) is 4.74 Å². The van der Waals surface area contributed by atoms with Crippen molar-refractivity contribution in [3.63, 3.8) is 0 Å². The van der Waals surface area contributed by atoms with Gasteiger partial charge in [0.25, 0.3) is 5.91 Å². The summed E-state index contributed by atoms with van der Waals surface area (Å²) in [5.41, 5.74) is 2.13. The molecule has 3 rings (SSSR count). The van der Waals surface area contributed by atoms with Gasteiger partial charge in [-0.25, -0.2) is 0 Å². The van der Waals surface area contributed by atoms with Crippen molar-refractivity contribution in [1.29, 1.82) is 0 Å². The van der Waals surface area contributed by atoms with Crippen molar-refractivity contribution in [2.45, 2.75) is 0 Å². The van der Waals surface area contributed by atoms with E-state index in [-0.39, 0.29) is 11.7 Å². The Morgan fingerprint density at radius 2 is 1.73 bits per heavy atom. The highest BCUT2D eigenvalue weighted by Crippen LogP contribution is 2.16. The second-order valence-electron chi connectivity index (χ2n) is 5.48. The van der Waals surface area contributed by atoms with Crippen LogP contribution < -0.4 is 10.1 Å². The van der Waals surface area contributed by atoms with Crippen molar-refractivity contribution in [3.8, 4) is 5.75 Å². The average molecular weight is 363 g/mol. The van der Waals surface area contributed by atoms with Gasteiger partial charge in [-0.15, -0.1) is 11.3 Å². The lowest BCUT2D eigenvalue weighted by Gasteiger charge is -2.04. The molecule has 130 valence electrons. The fourth-order valence-electron chi connectivity index (χ4n) is 2.30. The molecule has 0 aliphatic heterocycles. The third-order valence-corrected chi connectivity index (χ3v) is 4.58. The van der Waals surface area contributed by atoms with Crippen molar-refractivity contribution in [2.24, 2.45) is 0 Å². The average Bonchev–Trinajstić information content (AvgIpc) is 3.22. The van der Waals surface area contributed by atoms with Gasteiger partial charge in [0, 0.05) is 11.3 Å². The maximum absolute atomic E-state index is 12.3. The SMILES string of the molecule is COc1ccc(C=CC(=O)c2ccc(NC(=O)c3cccs3)cc2)cc1. The van der Waals surface area contributed by atoms with E-state index in [0.29, 0.717) is 16.1 Å². The molecule has 0 aliphatic rings. The fraction of sp³-hybridized carbons (Fsp3) is 0.0476. The largest absolute Gasteiger partial charge is 0.497 e. The molecule has 0 atom stereocenters. The molecule has 0 saturated heterocycles. The van der Waals surface area contributed by atoms with Crippen molar-refractivity contribution in [2.75, 3.05) is 12.4 Å². The van der Waals surface area contributed by atoms with E-state index in [0.717, 1.165) is 11.3 Å². The number of thiophene rings is 1. The Kier molecular flexibility index (Phi) is 5.61. The minimum atomic E-state index is -0.154. The molecule has 0 unspecified atom stereocenters. The van der Waals surface area contributed by atoms with Crippen LogP contribution >= 0.6 is 11.3 Å². The molecule has 0 aliphatic carbocycles. The van der Waals surface area contributed by atoms with Gasteiger partial charge in [0.1, 0.15) is 5.75 Å². The lowest BCUT2D eigenvalue weighted by molar-refractivity contribution is 0.102. The van der Waals surface area contributed by atoms with Gasteiger partial charge in [-0.2, -0.15) is 0 Å². The number of anilines is 1. The number of hydrogen-bond donors (Lipinski definition) is 1. The lowest BCUT2D eigenvalue weighted by Crippen LogP contribution is -2.10. The third-order valence-electron chi connectivity index (χ3n) is 3.72. The molecule has 1 aromatic heterocycles. The molecule has 0 saturated carbocycles. The first-order chi connectivity index (χ1) is 12.7. The maximum atomic E-state index is 12.3. The number of hydrogen-bond acceptors (Lipinski definition) is 4. The molecule has 3 aromatic rings. The van der Waals surface area contributed by atoms with Crippen LogP contribution in [0.2, 0.25) is 0 Å². The van der Waals surface area contributed by atoms with E-state index in [2.05, 4.69) is 5.32 Å². The van der Waals surface area contributed by atoms with Gasteiger partial charge in [-0.1, -0.05) is 24.3 Å². The lowest BCUT2D eigenvalue weighted by atomic mass is 10.1. The normalized spacial score (nSPS) is 10.7. The summed E-state index contributed by atoms with van der Waals surface area (Å²) < 4.78 is 5.11. The number of rotatable bonds is 6. The first kappa shape index (κ1) is 17.6. The van der Waals surface area contributed by atoms with E-state index in [1.165, 1.54) is 17.4 Å². The van der Waals surface area contributed by atoms with Crippen LogP contribution in [0.4, 0.5) is 5.69 Å². The smallest absolute Gasteiger partial charge is 0.265 e. The van der Waals surface area contributed by atoms with Gasteiger partial charge in [-0.3, -0.25) is 9.59 Å². The van der Waals surface area contributed by atoms with Gasteiger partial charge >= 0.3 is 0 Å². The predicted molar refractivity (Wildman–Crippen MR) is 105 cm³/mol. The number of ketones is 1. The zero-order valence-electron chi connectivity index (χ0n) is 14.1. The molecular weight excluding hydrogens is 346 g/mol. The van der Waals surface area contributed by atoms with Gasteiger partial charge in [0.05, 0.1) is 12.0 Å². The number of carbonyl (C=O) groups is 2. The zero-order valence-corrected chi connectivity index (χ0v) is 15.0. The van der Waals surface area contributed by atoms with Crippen LogP contribution in [-0.2, 0) is 0 Å². The molecule has 0 fully saturated rings. The summed E-state index contributed by atoms with van der Waals surface area (Å²) in [6, 6.07) is 17.9. The highest BCUT2D eigenvalue weighted by Gasteiger charge is 2.07. The zero-order chi connectivity index (χ0) is 18.4. The first-order valence-corrected chi connectivity index (χ1v) is 8.85. The number of amides is 1. The van der Waals surface area contributed by atoms with E-state index in [1.54, 1.807) is 43.5 Å². The molecule has 26 heavy (non-hydrogen) atoms. The molecule has 0 bridgehead atoms. The summed E-state index contributed by atoms with van der Waals surface area (Å²) in [5.74, 6) is 0.518. The molecule has 1 amide bonds. The molecule has 1 heterocycles. The van der Waals surface area contributed by atoms with E-state index < -0.39 is 0 Å². The summed E-state index contributed by atoms with van der Waals surface area (Å²) in [6.45, 7) is 0. The summed E-state index contributed by atoms with van der Waals surface area (Å²) in [6.07, 6.45) is 3.29. The van der Waals surface area contributed by atoms with Crippen LogP contribution in [0.15, 0.2) is 72.1 Å². The van der Waals surface area contributed by atoms with E-state index in [9.17, 15) is 9.59 Å². The number of carbonyl (C=O) groups excluding carboxylic acids is 2. The van der Waals surface area contributed by atoms with Gasteiger partial charge in [0.2, 0.25) is 0 Å². The van der Waals surface area contributed by atoms with E-state index >= 15 is 0 Å². The number of methoxy groups -OCH3 is 1. The molecule has 1 N–H and O–H groups in total. The quantitative estimate of drug-likeness (QED) is 0.500. The highest BCUT2D eigenvalue weighted by atomic mass is 32.1. The van der Waals surface area contributed by atoms with Crippen molar-refractivity contribution < 1.29 is 14.3 Å². The Morgan fingerprint density at radius 3 is 2.35 bits per heavy atom. The number of ether oxygens (including phenoxy) is 1. The number of benzene rings is 2. The van der Waals surface area contributed by atoms with Crippen LogP contribution in [0.3, 0.4) is 0 Å². The van der Waals surface area contributed by atoms with Crippen LogP contribution in [-0.4, -0.2) is 18.8 Å². The summed E-state index contributed by atoms with van der Waals surface area (Å²) in [7, 11) is 1.61. The van der Waals surface area contributed by atoms with Crippen LogP contribution in [0, 0.1) is 0 Å². The van der Waals surface area contributed by atoms with Gasteiger partial charge < -0.3 is 10.1 Å². The summed E-state index contributed by atoms with van der Waals surface area (Å²) in [5, 5.41) is 4.66. The predicted octanol–water partition coefficient (Wildman–Crippen LogP) is 4.91. The molecule has 0 radical (unpaired) electrons. The van der Waals surface area contributed by atoms with Crippen molar-refractivity contribution in [3.05, 3.63) is 88.1 Å². The standard InChI is InChI=1S/C21H17NO3S/c1-25-18-11-4-15(5-12-18)6-13-19(23)16-7-9-17(10-8-16)22-21(24)20-3-2-14-26-20/h2-14H,1H3,(H,22,24). The Bertz CT molecular complexity index is 911. The Balaban J connectivity index is 1.62. The number of nitrogens with one attached hydrogen (secondary N) is 1. The summed E-state index contributed by atoms with van der Waals surface area (Å²) in [4.78, 5) is 24.9. The Hall–Kier alpha value is -3.18. The van der Waals surface area contributed by atoms with E-state index in [1.807, 2.05) is 35.7 Å². The molecule has 0 spiro atoms. The fourth-order valence-corrected chi connectivity index (χ4v) is 2.92. The highest BCUT2D eigenvalue weighted by molar-refractivity contribution is 7.12. The van der Waals surface area contributed by atoms with Crippen molar-refractivity contribution in [1.82, 2.24) is 0 Å². The third kappa shape index (κ3) is 4.46. The Labute approximate surface area is 155 Å².